The van der Waals surface area contributed by atoms with Gasteiger partial charge in [0.05, 0.1) is 16.1 Å². The van der Waals surface area contributed by atoms with Crippen LogP contribution in [-0.2, 0) is 6.18 Å². The topological polar surface area (TPSA) is 71.2 Å². The van der Waals surface area contributed by atoms with Crippen molar-refractivity contribution >= 4 is 23.2 Å². The second-order valence-corrected chi connectivity index (χ2v) is 7.69. The number of halogens is 5. The predicted molar refractivity (Wildman–Crippen MR) is 110 cm³/mol. The number of ether oxygens (including phenoxy) is 1. The van der Waals surface area contributed by atoms with Crippen molar-refractivity contribution in [2.24, 2.45) is 0 Å². The van der Waals surface area contributed by atoms with Gasteiger partial charge >= 0.3 is 6.18 Å². The van der Waals surface area contributed by atoms with Crippen molar-refractivity contribution in [2.75, 3.05) is 5.32 Å². The standard InChI is InChI=1S/C22H15ClF4N2O3/c23-17-9-15(21(31)29-13-5-6-28-20(30)8-13)19(10-16(17)22(25,26)27)32-18-4-3-12(24)7-14(18)11-1-2-11/h3-11H,1-2H2,(H2,28,29,30,31). The van der Waals surface area contributed by atoms with E-state index in [4.69, 9.17) is 16.3 Å². The Bertz CT molecular complexity index is 1250. The molecule has 10 heteroatoms. The maximum atomic E-state index is 13.7. The number of rotatable bonds is 5. The molecule has 0 radical (unpaired) electrons. The molecule has 166 valence electrons. The molecule has 1 aromatic heterocycles. The first kappa shape index (κ1) is 21.9. The first-order valence-corrected chi connectivity index (χ1v) is 9.88. The zero-order valence-corrected chi connectivity index (χ0v) is 17.0. The van der Waals surface area contributed by atoms with Gasteiger partial charge < -0.3 is 15.0 Å². The fourth-order valence-electron chi connectivity index (χ4n) is 3.20. The summed E-state index contributed by atoms with van der Waals surface area (Å²) in [6.07, 6.45) is -1.90. The highest BCUT2D eigenvalue weighted by Crippen LogP contribution is 2.46. The molecule has 2 aromatic carbocycles. The summed E-state index contributed by atoms with van der Waals surface area (Å²) >= 11 is 5.81. The van der Waals surface area contributed by atoms with E-state index in [-0.39, 0.29) is 22.9 Å². The normalized spacial score (nSPS) is 13.7. The summed E-state index contributed by atoms with van der Waals surface area (Å²) in [4.78, 5) is 26.7. The number of nitrogens with one attached hydrogen (secondary N) is 2. The molecule has 0 aliphatic heterocycles. The van der Waals surface area contributed by atoms with E-state index in [9.17, 15) is 27.2 Å². The van der Waals surface area contributed by atoms with Gasteiger partial charge in [0.15, 0.2) is 0 Å². The molecular weight excluding hydrogens is 452 g/mol. The van der Waals surface area contributed by atoms with Crippen molar-refractivity contribution in [1.29, 1.82) is 0 Å². The van der Waals surface area contributed by atoms with E-state index in [0.29, 0.717) is 11.6 Å². The van der Waals surface area contributed by atoms with Crippen molar-refractivity contribution in [3.63, 3.8) is 0 Å². The van der Waals surface area contributed by atoms with Crippen LogP contribution in [0, 0.1) is 5.82 Å². The van der Waals surface area contributed by atoms with Gasteiger partial charge in [-0.25, -0.2) is 4.39 Å². The third kappa shape index (κ3) is 4.77. The van der Waals surface area contributed by atoms with E-state index in [1.54, 1.807) is 0 Å². The molecule has 1 heterocycles. The third-order valence-corrected chi connectivity index (χ3v) is 5.17. The van der Waals surface area contributed by atoms with Crippen LogP contribution in [0.15, 0.2) is 53.5 Å². The minimum atomic E-state index is -4.79. The fourth-order valence-corrected chi connectivity index (χ4v) is 3.47. The third-order valence-electron chi connectivity index (χ3n) is 4.86. The highest BCUT2D eigenvalue weighted by Gasteiger charge is 2.35. The summed E-state index contributed by atoms with van der Waals surface area (Å²) in [5.41, 5.74) is -1.31. The molecule has 5 nitrogen and oxygen atoms in total. The van der Waals surface area contributed by atoms with E-state index in [0.717, 1.165) is 31.0 Å². The molecule has 2 N–H and O–H groups in total. The van der Waals surface area contributed by atoms with Crippen LogP contribution in [0.2, 0.25) is 5.02 Å². The van der Waals surface area contributed by atoms with Gasteiger partial charge in [0.2, 0.25) is 5.56 Å². The molecule has 0 saturated heterocycles. The molecule has 32 heavy (non-hydrogen) atoms. The number of alkyl halides is 3. The van der Waals surface area contributed by atoms with Crippen molar-refractivity contribution in [1.82, 2.24) is 4.98 Å². The lowest BCUT2D eigenvalue weighted by atomic mass is 10.1. The van der Waals surface area contributed by atoms with Crippen molar-refractivity contribution < 1.29 is 27.1 Å². The number of carbonyl (C=O) groups is 1. The molecule has 3 aromatic rings. The number of aromatic nitrogens is 1. The Labute approximate surface area is 184 Å². The quantitative estimate of drug-likeness (QED) is 0.446. The SMILES string of the molecule is O=C(Nc1cc[nH]c(=O)c1)c1cc(Cl)c(C(F)(F)F)cc1Oc1ccc(F)cc1C1CC1. The Hall–Kier alpha value is -3.33. The molecule has 1 aliphatic rings. The number of pyridine rings is 1. The predicted octanol–water partition coefficient (Wildman–Crippen LogP) is 6.11. The average molecular weight is 467 g/mol. The van der Waals surface area contributed by atoms with Crippen LogP contribution in [0.4, 0.5) is 23.2 Å². The van der Waals surface area contributed by atoms with Gasteiger partial charge in [0, 0.05) is 23.5 Å². The zero-order chi connectivity index (χ0) is 23.0. The number of aromatic amines is 1. The molecule has 1 fully saturated rings. The summed E-state index contributed by atoms with van der Waals surface area (Å²) in [5.74, 6) is -1.56. The zero-order valence-electron chi connectivity index (χ0n) is 16.2. The second kappa shape index (κ2) is 8.31. The molecule has 4 rings (SSSR count). The van der Waals surface area contributed by atoms with Gasteiger partial charge in [-0.15, -0.1) is 0 Å². The lowest BCUT2D eigenvalue weighted by Crippen LogP contribution is -2.16. The summed E-state index contributed by atoms with van der Waals surface area (Å²) in [6, 6.07) is 7.69. The van der Waals surface area contributed by atoms with Crippen molar-refractivity contribution in [3.05, 3.63) is 86.5 Å². The largest absolute Gasteiger partial charge is 0.456 e. The first-order valence-electron chi connectivity index (χ1n) is 9.50. The van der Waals surface area contributed by atoms with Crippen LogP contribution in [0.3, 0.4) is 0 Å². The highest BCUT2D eigenvalue weighted by molar-refractivity contribution is 6.32. The number of hydrogen-bond donors (Lipinski definition) is 2. The highest BCUT2D eigenvalue weighted by atomic mass is 35.5. The van der Waals surface area contributed by atoms with Crippen LogP contribution in [-0.4, -0.2) is 10.9 Å². The van der Waals surface area contributed by atoms with Gasteiger partial charge in [-0.3, -0.25) is 9.59 Å². The Morgan fingerprint density at radius 3 is 2.50 bits per heavy atom. The van der Waals surface area contributed by atoms with Crippen LogP contribution in [0.25, 0.3) is 0 Å². The number of H-pyrrole nitrogens is 1. The molecule has 1 aliphatic carbocycles. The molecule has 0 spiro atoms. The van der Waals surface area contributed by atoms with Gasteiger partial charge in [0.1, 0.15) is 17.3 Å². The van der Waals surface area contributed by atoms with Gasteiger partial charge in [-0.05, 0) is 55.2 Å². The van der Waals surface area contributed by atoms with Crippen LogP contribution in [0.5, 0.6) is 11.5 Å². The number of carbonyl (C=O) groups excluding carboxylic acids is 1. The minimum absolute atomic E-state index is 0.0309. The van der Waals surface area contributed by atoms with Crippen LogP contribution in [0.1, 0.15) is 40.2 Å². The molecule has 1 amide bonds. The van der Waals surface area contributed by atoms with E-state index in [1.165, 1.54) is 24.4 Å². The molecular formula is C22H15ClF4N2O3. The maximum Gasteiger partial charge on any atom is 0.417 e. The van der Waals surface area contributed by atoms with Crippen molar-refractivity contribution in [3.8, 4) is 11.5 Å². The van der Waals surface area contributed by atoms with Crippen LogP contribution < -0.4 is 15.6 Å². The van der Waals surface area contributed by atoms with Gasteiger partial charge in [0.25, 0.3) is 5.91 Å². The minimum Gasteiger partial charge on any atom is -0.456 e. The van der Waals surface area contributed by atoms with Gasteiger partial charge in [-0.2, -0.15) is 13.2 Å². The van der Waals surface area contributed by atoms with E-state index in [1.807, 2.05) is 0 Å². The molecule has 0 bridgehead atoms. The summed E-state index contributed by atoms with van der Waals surface area (Å²) in [7, 11) is 0. The fraction of sp³-hybridized carbons (Fsp3) is 0.182. The first-order chi connectivity index (χ1) is 15.1. The number of hydrogen-bond acceptors (Lipinski definition) is 3. The summed E-state index contributed by atoms with van der Waals surface area (Å²) < 4.78 is 59.7. The van der Waals surface area contributed by atoms with Crippen LogP contribution >= 0.6 is 11.6 Å². The Balaban J connectivity index is 1.77. The second-order valence-electron chi connectivity index (χ2n) is 7.28. The smallest absolute Gasteiger partial charge is 0.417 e. The lowest BCUT2D eigenvalue weighted by molar-refractivity contribution is -0.137. The maximum absolute atomic E-state index is 13.7. The average Bonchev–Trinajstić information content (AvgIpc) is 3.54. The number of anilines is 1. The number of amides is 1. The molecule has 1 saturated carbocycles. The summed E-state index contributed by atoms with van der Waals surface area (Å²) in [5, 5.41) is 1.74. The Kier molecular flexibility index (Phi) is 5.68. The number of benzene rings is 2. The lowest BCUT2D eigenvalue weighted by Gasteiger charge is -2.17. The Morgan fingerprint density at radius 2 is 1.84 bits per heavy atom. The van der Waals surface area contributed by atoms with E-state index < -0.39 is 39.8 Å². The van der Waals surface area contributed by atoms with Gasteiger partial charge in [-0.1, -0.05) is 11.6 Å². The van der Waals surface area contributed by atoms with Crippen molar-refractivity contribution in [2.45, 2.75) is 24.9 Å². The Morgan fingerprint density at radius 1 is 1.09 bits per heavy atom. The summed E-state index contributed by atoms with van der Waals surface area (Å²) in [6.45, 7) is 0. The molecule has 0 unspecified atom stereocenters. The monoisotopic (exact) mass is 466 g/mol. The molecule has 0 atom stereocenters. The van der Waals surface area contributed by atoms with E-state index in [2.05, 4.69) is 10.3 Å². The van der Waals surface area contributed by atoms with E-state index >= 15 is 0 Å².